The van der Waals surface area contributed by atoms with Crippen LogP contribution >= 0.6 is 17.2 Å². The second-order valence-electron chi connectivity index (χ2n) is 10.0. The monoisotopic (exact) mass is 573 g/mol. The molecule has 0 bridgehead atoms. The Morgan fingerprint density at radius 2 is 1.15 bits per heavy atom. The van der Waals surface area contributed by atoms with Crippen LogP contribution in [0.1, 0.15) is 71.4 Å². The molecule has 0 aromatic heterocycles. The van der Waals surface area contributed by atoms with Gasteiger partial charge >= 0.3 is 212 Å². The van der Waals surface area contributed by atoms with Gasteiger partial charge in [-0.05, 0) is 0 Å². The molecule has 182 valence electrons. The maximum absolute atomic E-state index is 7.09. The van der Waals surface area contributed by atoms with Gasteiger partial charge in [0.2, 0.25) is 0 Å². The molecule has 2 nitrogen and oxygen atoms in total. The van der Waals surface area contributed by atoms with Crippen molar-refractivity contribution in [1.29, 1.82) is 0 Å². The van der Waals surface area contributed by atoms with Gasteiger partial charge in [-0.15, -0.1) is 0 Å². The van der Waals surface area contributed by atoms with Gasteiger partial charge in [-0.3, -0.25) is 0 Å². The van der Waals surface area contributed by atoms with Crippen molar-refractivity contribution in [3.8, 4) is 0 Å². The molecule has 0 unspecified atom stereocenters. The molecular weight excluding hydrogens is 535 g/mol. The number of benzene rings is 3. The summed E-state index contributed by atoms with van der Waals surface area (Å²) in [5.41, 5.74) is 3.77. The van der Waals surface area contributed by atoms with Crippen LogP contribution < -0.4 is 14.2 Å². The van der Waals surface area contributed by atoms with Crippen LogP contribution in [0.3, 0.4) is 0 Å². The predicted molar refractivity (Wildman–Crippen MR) is 159 cm³/mol. The van der Waals surface area contributed by atoms with E-state index < -0.39 is 21.9 Å². The van der Waals surface area contributed by atoms with Gasteiger partial charge in [0, 0.05) is 0 Å². The van der Waals surface area contributed by atoms with Crippen molar-refractivity contribution < 1.29 is 0 Å². The van der Waals surface area contributed by atoms with E-state index in [1.807, 2.05) is 0 Å². The van der Waals surface area contributed by atoms with Gasteiger partial charge < -0.3 is 13.5 Å². The third-order valence-electron chi connectivity index (χ3n) is 5.60. The van der Waals surface area contributed by atoms with Crippen LogP contribution in [0, 0.1) is 0 Å². The predicted octanol–water partition coefficient (Wildman–Crippen LogP) is 7.81. The smallest absolute Gasteiger partial charge is 0.813 e. The molecule has 0 amide bonds. The van der Waals surface area contributed by atoms with E-state index in [9.17, 15) is 0 Å². The first-order valence-electron chi connectivity index (χ1n) is 11.7. The summed E-state index contributed by atoms with van der Waals surface area (Å²) in [5, 5.41) is 2.51. The van der Waals surface area contributed by atoms with Crippen LogP contribution in [0.5, 0.6) is 0 Å². The van der Waals surface area contributed by atoms with Crippen LogP contribution in [0.25, 0.3) is 0 Å². The normalized spacial score (nSPS) is 11.9. The van der Waals surface area contributed by atoms with Crippen molar-refractivity contribution in [2.45, 2.75) is 65.8 Å². The van der Waals surface area contributed by atoms with Gasteiger partial charge in [0.1, 0.15) is 0 Å². The van der Waals surface area contributed by atoms with Crippen molar-refractivity contribution in [3.05, 3.63) is 90.0 Å². The van der Waals surface area contributed by atoms with Crippen LogP contribution in [0.2, 0.25) is 0 Å². The fourth-order valence-corrected chi connectivity index (χ4v) is 13.3. The van der Waals surface area contributed by atoms with Gasteiger partial charge in [-0.25, -0.2) is 0 Å². The summed E-state index contributed by atoms with van der Waals surface area (Å²) in [5.74, 6) is 0.776. The van der Waals surface area contributed by atoms with Crippen molar-refractivity contribution in [3.63, 3.8) is 0 Å². The Labute approximate surface area is 225 Å². The van der Waals surface area contributed by atoms with Gasteiger partial charge in [0.25, 0.3) is 0 Å². The van der Waals surface area contributed by atoms with Crippen LogP contribution in [0.4, 0.5) is 5.69 Å². The Morgan fingerprint density at radius 3 is 1.47 bits per heavy atom. The summed E-state index contributed by atoms with van der Waals surface area (Å²) in [6.45, 7) is 15.7. The topological polar surface area (TPSA) is 15.6 Å². The second-order valence-corrected chi connectivity index (χ2v) is 15.8. The minimum atomic E-state index is -2.41. The molecule has 0 N–H and O–H groups in total. The Balaban J connectivity index is 0.00000408. The Bertz CT molecular complexity index is 1040. The number of halogens is 1. The average Bonchev–Trinajstić information content (AvgIpc) is 2.79. The average molecular weight is 573 g/mol. The van der Waals surface area contributed by atoms with E-state index in [2.05, 4.69) is 131 Å². The number of anilines is 1. The number of para-hydroxylation sites is 1. The number of nitrogens with zero attached hydrogens (tertiary/aromatic N) is 2. The molecule has 0 atom stereocenters. The van der Waals surface area contributed by atoms with Gasteiger partial charge in [0.15, 0.2) is 0 Å². The Morgan fingerprint density at radius 1 is 0.735 bits per heavy atom. The third-order valence-corrected chi connectivity index (χ3v) is 13.9. The van der Waals surface area contributed by atoms with E-state index in [1.165, 1.54) is 27.4 Å². The van der Waals surface area contributed by atoms with Gasteiger partial charge in [-0.2, -0.15) is 0 Å². The maximum Gasteiger partial charge on any atom is -0.813 e. The maximum atomic E-state index is 7.09. The molecule has 0 saturated heterocycles. The molecule has 34 heavy (non-hydrogen) atoms. The van der Waals surface area contributed by atoms with Crippen LogP contribution in [0.15, 0.2) is 83.6 Å². The second kappa shape index (κ2) is 12.2. The number of hydrogen-bond donors (Lipinski definition) is 0. The van der Waals surface area contributed by atoms with Crippen LogP contribution in [-0.4, -0.2) is 20.3 Å². The van der Waals surface area contributed by atoms with Crippen molar-refractivity contribution in [2.75, 3.05) is 3.63 Å². The molecule has 0 saturated carbocycles. The quantitative estimate of drug-likeness (QED) is 0.124. The molecule has 3 aromatic rings. The summed E-state index contributed by atoms with van der Waals surface area (Å²) >= 11 is -1.02. The first-order chi connectivity index (χ1) is 15.6. The van der Waals surface area contributed by atoms with Gasteiger partial charge in [0.05, 0.1) is 0 Å². The standard InChI is InChI=1S/C28H36ClGeN2P.H2S/c1-21(2)25-19-14-20-26(22(3)4)27(25)32(30-29)33(31-28(5,6)7,23-15-10-8-11-16-23)24-17-12-9-13-18-24;/h8-22H,1-7H3;1H2/p-1. The molecule has 0 aliphatic rings. The molecule has 0 fully saturated rings. The SMILES string of the molecule is CC(C)c1cccc(C(C)C)c1[N]([Ge][Cl])P(=NC(C)(C)C)(c1ccccc1)c1ccccc1.[SH-]. The summed E-state index contributed by atoms with van der Waals surface area (Å²) in [6.07, 6.45) is 0. The summed E-state index contributed by atoms with van der Waals surface area (Å²) in [4.78, 5) is 0. The van der Waals surface area contributed by atoms with E-state index >= 15 is 0 Å². The molecule has 3 aromatic carbocycles. The zero-order chi connectivity index (χ0) is 24.2. The zero-order valence-electron chi connectivity index (χ0n) is 21.3. The minimum Gasteiger partial charge on any atom is -0.813 e. The zero-order valence-corrected chi connectivity index (χ0v) is 26.0. The van der Waals surface area contributed by atoms with Crippen LogP contribution in [-0.2, 0) is 13.5 Å². The Kier molecular flexibility index (Phi) is 10.5. The number of rotatable bonds is 7. The largest absolute Gasteiger partial charge is 0.813 e. The van der Waals surface area contributed by atoms with E-state index in [1.54, 1.807) is 0 Å². The van der Waals surface area contributed by atoms with Crippen molar-refractivity contribution >= 4 is 61.7 Å². The van der Waals surface area contributed by atoms with E-state index in [4.69, 9.17) is 14.8 Å². The van der Waals surface area contributed by atoms with Crippen molar-refractivity contribution in [1.82, 2.24) is 0 Å². The third kappa shape index (κ3) is 6.16. The van der Waals surface area contributed by atoms with Gasteiger partial charge in [-0.1, -0.05) is 0 Å². The number of hydrogen-bond acceptors (Lipinski definition) is 2. The molecular formula is C28H37ClGeN2PS-. The van der Waals surface area contributed by atoms with E-state index in [0.717, 1.165) is 0 Å². The number of thiol groups is 1. The summed E-state index contributed by atoms with van der Waals surface area (Å²) in [7, 11) is 4.68. The summed E-state index contributed by atoms with van der Waals surface area (Å²) < 4.78 is 8.28. The Hall–Kier alpha value is -1.13. The molecule has 6 heteroatoms. The summed E-state index contributed by atoms with van der Waals surface area (Å²) in [6, 6.07) is 28.4. The van der Waals surface area contributed by atoms with E-state index in [0.29, 0.717) is 11.8 Å². The molecule has 3 rings (SSSR count). The molecule has 0 spiro atoms. The van der Waals surface area contributed by atoms with Crippen molar-refractivity contribution in [2.24, 2.45) is 4.74 Å². The fraction of sp³-hybridized carbons (Fsp3) is 0.357. The minimum absolute atomic E-state index is 0. The molecule has 2 radical (unpaired) electrons. The first-order valence-corrected chi connectivity index (χ1v) is 17.0. The molecule has 0 heterocycles. The molecule has 0 aliphatic carbocycles. The molecule has 0 aliphatic heterocycles. The fourth-order valence-electron chi connectivity index (χ4n) is 4.24. The van der Waals surface area contributed by atoms with E-state index in [-0.39, 0.29) is 19.0 Å². The first kappa shape index (κ1) is 29.1.